The number of carboxylic acids is 1. The van der Waals surface area contributed by atoms with E-state index in [4.69, 9.17) is 4.42 Å². The van der Waals surface area contributed by atoms with Crippen molar-refractivity contribution < 1.29 is 27.5 Å². The van der Waals surface area contributed by atoms with Crippen LogP contribution in [0.3, 0.4) is 0 Å². The first kappa shape index (κ1) is 30.5. The van der Waals surface area contributed by atoms with Crippen LogP contribution in [0.15, 0.2) is 82.1 Å². The van der Waals surface area contributed by atoms with Crippen LogP contribution in [0, 0.1) is 13.8 Å². The quantitative estimate of drug-likeness (QED) is 0.189. The maximum Gasteiger partial charge on any atom is 0.449 e. The first-order valence-corrected chi connectivity index (χ1v) is 14.2. The molecule has 0 bridgehead atoms. The molecule has 4 rings (SSSR count). The number of rotatable bonds is 10. The van der Waals surface area contributed by atoms with Crippen molar-refractivity contribution in [2.24, 2.45) is 0 Å². The van der Waals surface area contributed by atoms with Crippen molar-refractivity contribution >= 4 is 17.9 Å². The molecule has 41 heavy (non-hydrogen) atoms. The van der Waals surface area contributed by atoms with Gasteiger partial charge in [0, 0.05) is 11.4 Å². The molecular weight excluding hydrogens is 547 g/mol. The van der Waals surface area contributed by atoms with E-state index in [0.29, 0.717) is 12.1 Å². The molecule has 0 aliphatic heterocycles. The van der Waals surface area contributed by atoms with Gasteiger partial charge in [-0.2, -0.15) is 13.2 Å². The molecule has 0 saturated heterocycles. The van der Waals surface area contributed by atoms with Gasteiger partial charge in [-0.1, -0.05) is 73.2 Å². The van der Waals surface area contributed by atoms with Gasteiger partial charge in [-0.05, 0) is 91.6 Å². The molecule has 0 fully saturated rings. The molecule has 0 amide bonds. The van der Waals surface area contributed by atoms with Crippen LogP contribution in [0.1, 0.15) is 60.1 Å². The molecule has 3 aromatic carbocycles. The van der Waals surface area contributed by atoms with Gasteiger partial charge in [0.2, 0.25) is 5.76 Å². The number of carboxylic acid groups (broad SMARTS) is 1. The van der Waals surface area contributed by atoms with Gasteiger partial charge < -0.3 is 9.52 Å². The lowest BCUT2D eigenvalue weighted by atomic mass is 9.83. The van der Waals surface area contributed by atoms with E-state index in [1.165, 1.54) is 29.1 Å². The van der Waals surface area contributed by atoms with Crippen molar-refractivity contribution in [3.8, 4) is 11.1 Å². The molecule has 0 unspecified atom stereocenters. The number of hydrogen-bond acceptors (Lipinski definition) is 4. The van der Waals surface area contributed by atoms with Gasteiger partial charge in [-0.25, -0.2) is 4.31 Å². The highest BCUT2D eigenvalue weighted by molar-refractivity contribution is 7.97. The summed E-state index contributed by atoms with van der Waals surface area (Å²) in [4.78, 5) is 12.8. The van der Waals surface area contributed by atoms with E-state index in [1.807, 2.05) is 52.8 Å². The highest BCUT2D eigenvalue weighted by Gasteiger charge is 2.35. The van der Waals surface area contributed by atoms with Gasteiger partial charge in [-0.15, -0.1) is 0 Å². The first-order valence-electron chi connectivity index (χ1n) is 13.4. The summed E-state index contributed by atoms with van der Waals surface area (Å²) in [5, 5.41) is 9.62. The third-order valence-corrected chi connectivity index (χ3v) is 8.42. The van der Waals surface area contributed by atoms with E-state index in [2.05, 4.69) is 32.9 Å². The predicted molar refractivity (Wildman–Crippen MR) is 157 cm³/mol. The summed E-state index contributed by atoms with van der Waals surface area (Å²) in [6.45, 7) is 10.2. The molecule has 1 aromatic heterocycles. The highest BCUT2D eigenvalue weighted by atomic mass is 32.2. The van der Waals surface area contributed by atoms with Crippen molar-refractivity contribution in [1.82, 2.24) is 4.31 Å². The van der Waals surface area contributed by atoms with Crippen LogP contribution < -0.4 is 0 Å². The fourth-order valence-electron chi connectivity index (χ4n) is 4.69. The summed E-state index contributed by atoms with van der Waals surface area (Å²) < 4.78 is 46.7. The molecule has 0 aliphatic carbocycles. The zero-order valence-electron chi connectivity index (χ0n) is 23.8. The second-order valence-corrected chi connectivity index (χ2v) is 11.9. The summed E-state index contributed by atoms with van der Waals surface area (Å²) in [7, 11) is 0. The van der Waals surface area contributed by atoms with Gasteiger partial charge >= 0.3 is 12.1 Å². The number of carbonyl (C=O) groups is 1. The number of alkyl halides is 3. The predicted octanol–water partition coefficient (Wildman–Crippen LogP) is 9.22. The maximum atomic E-state index is 13.2. The molecule has 0 atom stereocenters. The van der Waals surface area contributed by atoms with Crippen molar-refractivity contribution in [2.45, 2.75) is 70.6 Å². The Hall–Kier alpha value is -3.49. The fourth-order valence-corrected chi connectivity index (χ4v) is 5.88. The standard InChI is InChI=1S/C33H34F3NO3S/c1-6-24-17-21(2)16-22(3)30(24)41-37(20-28-14-15-29(40-28)33(34,35)36)19-23-10-12-25(13-11-23)26-8-7-9-27(18-26)32(4,5)31(38)39/h7-18H,6,19-20H2,1-5H3,(H,38,39). The number of aryl methyl sites for hydroxylation is 3. The summed E-state index contributed by atoms with van der Waals surface area (Å²) in [5.41, 5.74) is 6.01. The average Bonchev–Trinajstić information content (AvgIpc) is 3.39. The Morgan fingerprint density at radius 2 is 1.63 bits per heavy atom. The molecule has 0 spiro atoms. The SMILES string of the molecule is CCc1cc(C)cc(C)c1SN(Cc1ccc(-c2cccc(C(C)(C)C(=O)O)c2)cc1)Cc1ccc(C(F)(F)F)o1. The summed E-state index contributed by atoms with van der Waals surface area (Å²) in [6.07, 6.45) is -3.70. The molecule has 216 valence electrons. The van der Waals surface area contributed by atoms with Gasteiger partial charge in [0.25, 0.3) is 0 Å². The molecule has 0 radical (unpaired) electrons. The van der Waals surface area contributed by atoms with E-state index < -0.39 is 23.3 Å². The van der Waals surface area contributed by atoms with Crippen molar-refractivity contribution in [3.63, 3.8) is 0 Å². The number of nitrogens with zero attached hydrogens (tertiary/aromatic N) is 1. The normalized spacial score (nSPS) is 12.2. The van der Waals surface area contributed by atoms with Crippen LogP contribution in [-0.2, 0) is 35.9 Å². The first-order chi connectivity index (χ1) is 19.3. The Labute approximate surface area is 243 Å². The van der Waals surface area contributed by atoms with Crippen molar-refractivity contribution in [3.05, 3.63) is 112 Å². The zero-order valence-corrected chi connectivity index (χ0v) is 24.6. The van der Waals surface area contributed by atoms with E-state index in [-0.39, 0.29) is 12.3 Å². The molecule has 1 N–H and O–H groups in total. The second kappa shape index (κ2) is 12.2. The van der Waals surface area contributed by atoms with Crippen molar-refractivity contribution in [1.29, 1.82) is 0 Å². The smallest absolute Gasteiger partial charge is 0.449 e. The van der Waals surface area contributed by atoms with Crippen LogP contribution in [-0.4, -0.2) is 15.4 Å². The third-order valence-electron chi connectivity index (χ3n) is 7.14. The zero-order chi connectivity index (χ0) is 29.9. The molecule has 4 aromatic rings. The third kappa shape index (κ3) is 7.24. The minimum absolute atomic E-state index is 0.186. The highest BCUT2D eigenvalue weighted by Crippen LogP contribution is 2.36. The molecule has 0 aliphatic rings. The van der Waals surface area contributed by atoms with Crippen LogP contribution >= 0.6 is 11.9 Å². The fraction of sp³-hybridized carbons (Fsp3) is 0.303. The Balaban J connectivity index is 1.61. The largest absolute Gasteiger partial charge is 0.481 e. The summed E-state index contributed by atoms with van der Waals surface area (Å²) in [5.74, 6) is -1.66. The number of benzene rings is 3. The van der Waals surface area contributed by atoms with E-state index >= 15 is 0 Å². The maximum absolute atomic E-state index is 13.2. The van der Waals surface area contributed by atoms with E-state index in [1.54, 1.807) is 13.8 Å². The second-order valence-electron chi connectivity index (χ2n) is 10.8. The van der Waals surface area contributed by atoms with Gasteiger partial charge in [-0.3, -0.25) is 4.79 Å². The monoisotopic (exact) mass is 581 g/mol. The summed E-state index contributed by atoms with van der Waals surface area (Å²) in [6, 6.07) is 22.1. The van der Waals surface area contributed by atoms with Crippen LogP contribution in [0.2, 0.25) is 0 Å². The van der Waals surface area contributed by atoms with Crippen molar-refractivity contribution in [2.75, 3.05) is 0 Å². The lowest BCUT2D eigenvalue weighted by molar-refractivity contribution is -0.153. The molecule has 1 heterocycles. The van der Waals surface area contributed by atoms with E-state index in [0.717, 1.165) is 39.6 Å². The topological polar surface area (TPSA) is 53.7 Å². The molecule has 8 heteroatoms. The Kier molecular flexibility index (Phi) is 9.04. The number of halogens is 3. The number of aliphatic carboxylic acids is 1. The minimum Gasteiger partial charge on any atom is -0.481 e. The van der Waals surface area contributed by atoms with E-state index in [9.17, 15) is 23.1 Å². The van der Waals surface area contributed by atoms with Crippen LogP contribution in [0.5, 0.6) is 0 Å². The Bertz CT molecular complexity index is 1520. The molecular formula is C33H34F3NO3S. The van der Waals surface area contributed by atoms with Gasteiger partial charge in [0.15, 0.2) is 0 Å². The Morgan fingerprint density at radius 1 is 0.927 bits per heavy atom. The Morgan fingerprint density at radius 3 is 2.24 bits per heavy atom. The van der Waals surface area contributed by atoms with Crippen LogP contribution in [0.25, 0.3) is 11.1 Å². The average molecular weight is 582 g/mol. The lowest BCUT2D eigenvalue weighted by Crippen LogP contribution is -2.28. The number of furan rings is 1. The minimum atomic E-state index is -4.54. The van der Waals surface area contributed by atoms with Gasteiger partial charge in [0.05, 0.1) is 12.0 Å². The van der Waals surface area contributed by atoms with Gasteiger partial charge in [0.1, 0.15) is 5.76 Å². The molecule has 0 saturated carbocycles. The number of hydrogen-bond donors (Lipinski definition) is 1. The summed E-state index contributed by atoms with van der Waals surface area (Å²) >= 11 is 1.53. The lowest BCUT2D eigenvalue weighted by Gasteiger charge is -2.23. The molecule has 4 nitrogen and oxygen atoms in total. The van der Waals surface area contributed by atoms with Crippen LogP contribution in [0.4, 0.5) is 13.2 Å².